The molecule has 18 heavy (non-hydrogen) atoms. The number of hydrogen-bond donors (Lipinski definition) is 2. The number of nitrogens with one attached hydrogen (secondary N) is 1. The van der Waals surface area contributed by atoms with E-state index in [0.29, 0.717) is 24.3 Å². The first-order chi connectivity index (χ1) is 8.74. The number of carbonyl (C=O) groups is 1. The molecule has 7 nitrogen and oxygen atoms in total. The number of aromatic nitrogens is 3. The van der Waals surface area contributed by atoms with Gasteiger partial charge in [0.1, 0.15) is 0 Å². The number of nitrogens with zero attached hydrogens (tertiary/aromatic N) is 3. The Morgan fingerprint density at radius 3 is 3.11 bits per heavy atom. The zero-order valence-corrected chi connectivity index (χ0v) is 9.88. The van der Waals surface area contributed by atoms with E-state index in [9.17, 15) is 4.79 Å². The van der Waals surface area contributed by atoms with E-state index in [-0.39, 0.29) is 17.6 Å². The van der Waals surface area contributed by atoms with Crippen LogP contribution in [0.15, 0.2) is 22.9 Å². The molecule has 0 saturated carbocycles. The van der Waals surface area contributed by atoms with Crippen molar-refractivity contribution in [3.05, 3.63) is 29.8 Å². The van der Waals surface area contributed by atoms with Gasteiger partial charge in [-0.25, -0.2) is 0 Å². The molecule has 0 saturated heterocycles. The molecule has 0 aromatic carbocycles. The van der Waals surface area contributed by atoms with Crippen LogP contribution in [-0.4, -0.2) is 27.6 Å². The minimum atomic E-state index is -0.361. The third-order valence-corrected chi connectivity index (χ3v) is 2.24. The molecule has 0 aliphatic carbocycles. The first-order valence-electron chi connectivity index (χ1n) is 5.52. The molecule has 0 atom stereocenters. The van der Waals surface area contributed by atoms with Gasteiger partial charge in [0.2, 0.25) is 0 Å². The maximum Gasteiger partial charge on any atom is 0.292 e. The predicted molar refractivity (Wildman–Crippen MR) is 63.4 cm³/mol. The Hall–Kier alpha value is -2.28. The topological polar surface area (TPSA) is 107 Å². The Kier molecular flexibility index (Phi) is 3.63. The van der Waals surface area contributed by atoms with Crippen LogP contribution in [0.1, 0.15) is 23.2 Å². The second-order valence-electron chi connectivity index (χ2n) is 3.52. The van der Waals surface area contributed by atoms with Gasteiger partial charge in [-0.1, -0.05) is 5.16 Å². The van der Waals surface area contributed by atoms with Gasteiger partial charge in [-0.05, 0) is 19.1 Å². The van der Waals surface area contributed by atoms with Gasteiger partial charge < -0.3 is 15.6 Å². The van der Waals surface area contributed by atoms with Gasteiger partial charge in [0.15, 0.2) is 0 Å². The van der Waals surface area contributed by atoms with Crippen LogP contribution in [0.4, 0.5) is 0 Å². The van der Waals surface area contributed by atoms with Gasteiger partial charge in [0.25, 0.3) is 17.6 Å². The van der Waals surface area contributed by atoms with Crippen LogP contribution in [0.2, 0.25) is 0 Å². The summed E-state index contributed by atoms with van der Waals surface area (Å²) in [5, 5.41) is 6.21. The standard InChI is InChI=1S/C11H13N5O2/c1-2-13-10(17)9-15-11(18-16-9)7-3-4-14-8(5-7)6-12/h3-5H,2,6,12H2,1H3,(H,13,17). The van der Waals surface area contributed by atoms with Crippen LogP contribution in [0, 0.1) is 0 Å². The van der Waals surface area contributed by atoms with Crippen molar-refractivity contribution in [2.45, 2.75) is 13.5 Å². The lowest BCUT2D eigenvalue weighted by atomic mass is 10.2. The molecule has 2 heterocycles. The van der Waals surface area contributed by atoms with E-state index < -0.39 is 0 Å². The Bertz CT molecular complexity index is 552. The van der Waals surface area contributed by atoms with Crippen molar-refractivity contribution in [1.82, 2.24) is 20.4 Å². The molecule has 0 aliphatic heterocycles. The third kappa shape index (κ3) is 2.51. The largest absolute Gasteiger partial charge is 0.349 e. The number of hydrogen-bond acceptors (Lipinski definition) is 6. The van der Waals surface area contributed by atoms with Crippen LogP contribution in [0.3, 0.4) is 0 Å². The predicted octanol–water partition coefficient (Wildman–Crippen LogP) is 0.340. The lowest BCUT2D eigenvalue weighted by Crippen LogP contribution is -2.23. The summed E-state index contributed by atoms with van der Waals surface area (Å²) in [5.41, 5.74) is 6.90. The fourth-order valence-corrected chi connectivity index (χ4v) is 1.40. The number of carbonyl (C=O) groups excluding carboxylic acids is 1. The Morgan fingerprint density at radius 1 is 1.56 bits per heavy atom. The summed E-state index contributed by atoms with van der Waals surface area (Å²) in [5.74, 6) is -0.0769. The van der Waals surface area contributed by atoms with Crippen molar-refractivity contribution in [1.29, 1.82) is 0 Å². The van der Waals surface area contributed by atoms with Gasteiger partial charge in [-0.2, -0.15) is 4.98 Å². The second-order valence-corrected chi connectivity index (χ2v) is 3.52. The smallest absolute Gasteiger partial charge is 0.292 e. The maximum absolute atomic E-state index is 11.5. The van der Waals surface area contributed by atoms with Gasteiger partial charge in [-0.15, -0.1) is 0 Å². The van der Waals surface area contributed by atoms with E-state index in [4.69, 9.17) is 10.3 Å². The normalized spacial score (nSPS) is 10.3. The molecule has 7 heteroatoms. The Balaban J connectivity index is 2.26. The first-order valence-corrected chi connectivity index (χ1v) is 5.52. The zero-order valence-electron chi connectivity index (χ0n) is 9.88. The van der Waals surface area contributed by atoms with Crippen molar-refractivity contribution in [3.63, 3.8) is 0 Å². The zero-order chi connectivity index (χ0) is 13.0. The lowest BCUT2D eigenvalue weighted by molar-refractivity contribution is 0.0942. The SMILES string of the molecule is CCNC(=O)c1noc(-c2ccnc(CN)c2)n1. The molecule has 3 N–H and O–H groups in total. The molecule has 0 aliphatic rings. The van der Waals surface area contributed by atoms with Crippen molar-refractivity contribution < 1.29 is 9.32 Å². The summed E-state index contributed by atoms with van der Waals surface area (Å²) in [6, 6.07) is 3.46. The number of rotatable bonds is 4. The van der Waals surface area contributed by atoms with Gasteiger partial charge >= 0.3 is 0 Å². The number of pyridine rings is 1. The van der Waals surface area contributed by atoms with Crippen molar-refractivity contribution in [2.75, 3.05) is 6.54 Å². The molecular formula is C11H13N5O2. The molecule has 0 unspecified atom stereocenters. The van der Waals surface area contributed by atoms with Crippen molar-refractivity contribution >= 4 is 5.91 Å². The molecule has 2 aromatic rings. The molecule has 0 radical (unpaired) electrons. The summed E-state index contributed by atoms with van der Waals surface area (Å²) < 4.78 is 5.03. The van der Waals surface area contributed by atoms with Crippen molar-refractivity contribution in [3.8, 4) is 11.5 Å². The Labute approximate surface area is 103 Å². The molecular weight excluding hydrogens is 234 g/mol. The summed E-state index contributed by atoms with van der Waals surface area (Å²) in [6.45, 7) is 2.65. The summed E-state index contributed by atoms with van der Waals surface area (Å²) in [4.78, 5) is 19.6. The van der Waals surface area contributed by atoms with E-state index in [1.54, 1.807) is 18.3 Å². The van der Waals surface area contributed by atoms with E-state index >= 15 is 0 Å². The van der Waals surface area contributed by atoms with Crippen LogP contribution < -0.4 is 11.1 Å². The second kappa shape index (κ2) is 5.37. The molecule has 0 fully saturated rings. The molecule has 1 amide bonds. The minimum Gasteiger partial charge on any atom is -0.349 e. The van der Waals surface area contributed by atoms with Gasteiger partial charge in [0.05, 0.1) is 5.69 Å². The third-order valence-electron chi connectivity index (χ3n) is 2.24. The summed E-state index contributed by atoms with van der Waals surface area (Å²) in [7, 11) is 0. The average Bonchev–Trinajstić information content (AvgIpc) is 2.89. The van der Waals surface area contributed by atoms with E-state index in [1.165, 1.54) is 0 Å². The summed E-state index contributed by atoms with van der Waals surface area (Å²) >= 11 is 0. The van der Waals surface area contributed by atoms with E-state index in [1.807, 2.05) is 6.92 Å². The fraction of sp³-hybridized carbons (Fsp3) is 0.273. The van der Waals surface area contributed by atoms with E-state index in [0.717, 1.165) is 0 Å². The highest BCUT2D eigenvalue weighted by atomic mass is 16.5. The average molecular weight is 247 g/mol. The lowest BCUT2D eigenvalue weighted by Gasteiger charge is -1.97. The monoisotopic (exact) mass is 247 g/mol. The first kappa shape index (κ1) is 12.2. The Morgan fingerprint density at radius 2 is 2.39 bits per heavy atom. The highest BCUT2D eigenvalue weighted by Gasteiger charge is 2.14. The van der Waals surface area contributed by atoms with Crippen LogP contribution in [0.5, 0.6) is 0 Å². The summed E-state index contributed by atoms with van der Waals surface area (Å²) in [6.07, 6.45) is 1.60. The fourth-order valence-electron chi connectivity index (χ4n) is 1.40. The molecule has 94 valence electrons. The molecule has 0 bridgehead atoms. The van der Waals surface area contributed by atoms with Crippen LogP contribution in [-0.2, 0) is 6.54 Å². The highest BCUT2D eigenvalue weighted by Crippen LogP contribution is 2.17. The number of amides is 1. The number of nitrogens with two attached hydrogens (primary N) is 1. The quantitative estimate of drug-likeness (QED) is 0.806. The minimum absolute atomic E-state index is 0.0120. The van der Waals surface area contributed by atoms with Crippen LogP contribution in [0.25, 0.3) is 11.5 Å². The van der Waals surface area contributed by atoms with Gasteiger partial charge in [0, 0.05) is 24.8 Å². The molecule has 2 rings (SSSR count). The van der Waals surface area contributed by atoms with Crippen molar-refractivity contribution in [2.24, 2.45) is 5.73 Å². The highest BCUT2D eigenvalue weighted by molar-refractivity contribution is 5.90. The maximum atomic E-state index is 11.5. The van der Waals surface area contributed by atoms with E-state index in [2.05, 4.69) is 20.4 Å². The van der Waals surface area contributed by atoms with Gasteiger partial charge in [-0.3, -0.25) is 9.78 Å². The molecule has 0 spiro atoms. The molecule has 2 aromatic heterocycles. The van der Waals surface area contributed by atoms with Crippen LogP contribution >= 0.6 is 0 Å².